The highest BCUT2D eigenvalue weighted by Gasteiger charge is 2.32. The van der Waals surface area contributed by atoms with Crippen LogP contribution in [0.4, 0.5) is 0 Å². The van der Waals surface area contributed by atoms with E-state index in [9.17, 15) is 38.7 Å². The number of carboxylic acids is 2. The number of aliphatic carboxylic acids is 2. The third kappa shape index (κ3) is 13.9. The van der Waals surface area contributed by atoms with Gasteiger partial charge in [-0.1, -0.05) is 50.6 Å². The maximum atomic E-state index is 13.1. The number of carbonyl (C=O) groups is 7. The second kappa shape index (κ2) is 18.2. The van der Waals surface area contributed by atoms with E-state index >= 15 is 0 Å². The van der Waals surface area contributed by atoms with Gasteiger partial charge in [-0.15, -0.1) is 0 Å². The Bertz CT molecular complexity index is 1090. The number of aryl methyl sites for hydroxylation is 1. The lowest BCUT2D eigenvalue weighted by Crippen LogP contribution is -2.58. The molecule has 0 bridgehead atoms. The maximum Gasteiger partial charge on any atom is 0.305 e. The highest BCUT2D eigenvalue weighted by molar-refractivity contribution is 5.97. The maximum absolute atomic E-state index is 13.1. The second-order valence-electron chi connectivity index (χ2n) is 10.5. The van der Waals surface area contributed by atoms with Crippen molar-refractivity contribution in [3.63, 3.8) is 0 Å². The zero-order valence-corrected chi connectivity index (χ0v) is 24.5. The van der Waals surface area contributed by atoms with Crippen molar-refractivity contribution in [1.29, 1.82) is 0 Å². The predicted octanol–water partition coefficient (Wildman–Crippen LogP) is 0.943. The van der Waals surface area contributed by atoms with E-state index in [1.165, 1.54) is 12.5 Å². The van der Waals surface area contributed by atoms with Crippen molar-refractivity contribution in [2.24, 2.45) is 5.92 Å². The molecular formula is C29H42N4O9. The van der Waals surface area contributed by atoms with E-state index in [1.54, 1.807) is 13.8 Å². The molecule has 6 N–H and O–H groups in total. The predicted molar refractivity (Wildman–Crippen MR) is 152 cm³/mol. The zero-order chi connectivity index (χ0) is 31.8. The van der Waals surface area contributed by atoms with Gasteiger partial charge in [0, 0.05) is 13.3 Å². The van der Waals surface area contributed by atoms with Gasteiger partial charge in [0.1, 0.15) is 18.1 Å². The molecule has 0 fully saturated rings. The Morgan fingerprint density at radius 2 is 1.29 bits per heavy atom. The Morgan fingerprint density at radius 1 is 0.690 bits per heavy atom. The molecule has 0 aromatic heterocycles. The first kappa shape index (κ1) is 35.7. The first-order chi connectivity index (χ1) is 19.7. The summed E-state index contributed by atoms with van der Waals surface area (Å²) in [7, 11) is 0. The van der Waals surface area contributed by atoms with E-state index in [-0.39, 0.29) is 6.42 Å². The number of hydrogen-bond acceptors (Lipinski definition) is 7. The summed E-state index contributed by atoms with van der Waals surface area (Å²) in [6.45, 7) is 5.68. The lowest BCUT2D eigenvalue weighted by atomic mass is 9.99. The minimum atomic E-state index is -1.42. The van der Waals surface area contributed by atoms with Crippen molar-refractivity contribution in [2.75, 3.05) is 0 Å². The van der Waals surface area contributed by atoms with Gasteiger partial charge < -0.3 is 31.5 Å². The van der Waals surface area contributed by atoms with Crippen molar-refractivity contribution >= 4 is 41.4 Å². The molecule has 1 aromatic rings. The molecule has 0 heterocycles. The first-order valence-corrected chi connectivity index (χ1v) is 13.9. The van der Waals surface area contributed by atoms with Crippen LogP contribution in [0.2, 0.25) is 0 Å². The number of carboxylic acid groups (broad SMARTS) is 2. The van der Waals surface area contributed by atoms with Crippen LogP contribution in [0.25, 0.3) is 0 Å². The average Bonchev–Trinajstić information content (AvgIpc) is 2.89. The number of Topliss-reactive ketones (excluding diaryl/α,β-unsaturated/α-hetero) is 1. The third-order valence-corrected chi connectivity index (χ3v) is 6.39. The van der Waals surface area contributed by atoms with Gasteiger partial charge in [-0.05, 0) is 37.7 Å². The number of unbranched alkanes of at least 4 members (excludes halogenated alkanes) is 2. The molecule has 0 aliphatic carbocycles. The number of ketones is 1. The average molecular weight is 591 g/mol. The van der Waals surface area contributed by atoms with E-state index in [2.05, 4.69) is 21.3 Å². The van der Waals surface area contributed by atoms with Crippen LogP contribution in [-0.4, -0.2) is 75.7 Å². The molecule has 0 unspecified atom stereocenters. The van der Waals surface area contributed by atoms with Gasteiger partial charge in [0.05, 0.1) is 18.9 Å². The number of rotatable bonds is 19. The number of carbonyl (C=O) groups excluding carboxylic acids is 5. The van der Waals surface area contributed by atoms with E-state index in [1.807, 2.05) is 30.3 Å². The third-order valence-electron chi connectivity index (χ3n) is 6.39. The molecule has 0 spiro atoms. The van der Waals surface area contributed by atoms with E-state index in [0.717, 1.165) is 26.2 Å². The molecule has 0 radical (unpaired) electrons. The molecule has 4 atom stereocenters. The monoisotopic (exact) mass is 590 g/mol. The Labute approximate surface area is 245 Å². The highest BCUT2D eigenvalue weighted by Crippen LogP contribution is 2.11. The smallest absolute Gasteiger partial charge is 0.305 e. The molecule has 232 valence electrons. The molecule has 4 amide bonds. The minimum Gasteiger partial charge on any atom is -0.481 e. The summed E-state index contributed by atoms with van der Waals surface area (Å²) in [6, 6.07) is 4.79. The number of hydrogen-bond donors (Lipinski definition) is 6. The molecule has 0 saturated heterocycles. The molecule has 0 saturated carbocycles. The summed E-state index contributed by atoms with van der Waals surface area (Å²) in [6.07, 6.45) is 1.74. The molecule has 13 heteroatoms. The van der Waals surface area contributed by atoms with Gasteiger partial charge in [0.2, 0.25) is 23.6 Å². The van der Waals surface area contributed by atoms with Crippen LogP contribution in [0, 0.1) is 5.92 Å². The summed E-state index contributed by atoms with van der Waals surface area (Å²) in [4.78, 5) is 84.9. The molecule has 1 rings (SSSR count). The lowest BCUT2D eigenvalue weighted by Gasteiger charge is -2.26. The summed E-state index contributed by atoms with van der Waals surface area (Å²) in [5, 5.41) is 27.8. The van der Waals surface area contributed by atoms with Crippen molar-refractivity contribution in [3.05, 3.63) is 35.9 Å². The molecule has 42 heavy (non-hydrogen) atoms. The van der Waals surface area contributed by atoms with Crippen LogP contribution < -0.4 is 21.3 Å². The highest BCUT2D eigenvalue weighted by atomic mass is 16.4. The molecule has 1 aromatic carbocycles. The fourth-order valence-electron chi connectivity index (χ4n) is 4.13. The fraction of sp³-hybridized carbons (Fsp3) is 0.552. The Balaban J connectivity index is 2.76. The normalized spacial score (nSPS) is 13.6. The van der Waals surface area contributed by atoms with Gasteiger partial charge >= 0.3 is 11.9 Å². The molecular weight excluding hydrogens is 548 g/mol. The largest absolute Gasteiger partial charge is 0.481 e. The Kier molecular flexibility index (Phi) is 15.5. The van der Waals surface area contributed by atoms with Gasteiger partial charge in [-0.3, -0.25) is 33.6 Å². The topological polar surface area (TPSA) is 208 Å². The van der Waals surface area contributed by atoms with Crippen LogP contribution in [0.1, 0.15) is 71.8 Å². The molecule has 0 aliphatic heterocycles. The summed E-state index contributed by atoms with van der Waals surface area (Å²) in [5.74, 6) is -6.60. The van der Waals surface area contributed by atoms with Crippen LogP contribution in [-0.2, 0) is 40.0 Å². The number of benzene rings is 1. The lowest BCUT2D eigenvalue weighted by molar-refractivity contribution is -0.141. The number of amides is 4. The first-order valence-electron chi connectivity index (χ1n) is 13.9. The Morgan fingerprint density at radius 3 is 1.83 bits per heavy atom. The number of nitrogens with one attached hydrogen (secondary N) is 4. The van der Waals surface area contributed by atoms with Crippen LogP contribution in [0.15, 0.2) is 30.3 Å². The van der Waals surface area contributed by atoms with Gasteiger partial charge in [0.25, 0.3) is 0 Å². The van der Waals surface area contributed by atoms with Crippen LogP contribution in [0.5, 0.6) is 0 Å². The van der Waals surface area contributed by atoms with Crippen molar-refractivity contribution < 1.29 is 43.8 Å². The van der Waals surface area contributed by atoms with Crippen molar-refractivity contribution in [2.45, 2.75) is 96.8 Å². The van der Waals surface area contributed by atoms with Crippen LogP contribution in [0.3, 0.4) is 0 Å². The summed E-state index contributed by atoms with van der Waals surface area (Å²) < 4.78 is 0. The molecule has 13 nitrogen and oxygen atoms in total. The van der Waals surface area contributed by atoms with Crippen molar-refractivity contribution in [3.8, 4) is 0 Å². The minimum absolute atomic E-state index is 0.0839. The standard InChI is InChI=1S/C29H42N4O9/c1-17(2)26(33-27(40)18(3)30-28(41)22(16-25(38)39)31-19(4)34)29(42)32-21(15-24(36)37)23(35)14-10-6-9-13-20-11-7-5-8-12-20/h5,7-8,11-12,17-18,21-22,26H,6,9-10,13-16H2,1-4H3,(H,30,41)(H,31,34)(H,32,42)(H,33,40)(H,36,37)(H,38,39)/t18-,21-,22-,26-/m0/s1. The Hall–Kier alpha value is -4.29. The second-order valence-corrected chi connectivity index (χ2v) is 10.5. The van der Waals surface area contributed by atoms with Gasteiger partial charge in [-0.2, -0.15) is 0 Å². The van der Waals surface area contributed by atoms with E-state index in [0.29, 0.717) is 6.42 Å². The van der Waals surface area contributed by atoms with Gasteiger partial charge in [-0.25, -0.2) is 0 Å². The quantitative estimate of drug-likeness (QED) is 0.127. The fourth-order valence-corrected chi connectivity index (χ4v) is 4.13. The van der Waals surface area contributed by atoms with Crippen LogP contribution >= 0.6 is 0 Å². The van der Waals surface area contributed by atoms with Crippen molar-refractivity contribution in [1.82, 2.24) is 21.3 Å². The van der Waals surface area contributed by atoms with Gasteiger partial charge in [0.15, 0.2) is 5.78 Å². The zero-order valence-electron chi connectivity index (χ0n) is 24.5. The SMILES string of the molecule is CC(=O)N[C@@H](CC(=O)O)C(=O)N[C@@H](C)C(=O)N[C@H](C(=O)N[C@@H](CC(=O)O)C(=O)CCCCCc1ccccc1)C(C)C. The molecule has 0 aliphatic rings. The summed E-state index contributed by atoms with van der Waals surface area (Å²) >= 11 is 0. The van der Waals surface area contributed by atoms with E-state index in [4.69, 9.17) is 5.11 Å². The summed E-state index contributed by atoms with van der Waals surface area (Å²) in [5.41, 5.74) is 1.18. The van der Waals surface area contributed by atoms with E-state index < -0.39 is 84.3 Å².